The van der Waals surface area contributed by atoms with E-state index < -0.39 is 12.1 Å². The van der Waals surface area contributed by atoms with Crippen LogP contribution in [0.5, 0.6) is 5.75 Å². The molecule has 0 saturated heterocycles. The SMILES string of the molecule is COC(=O)[C@H](C)Oc1cc(Cl)cc(Cl)c1. The summed E-state index contributed by atoms with van der Waals surface area (Å²) in [6, 6.07) is 4.73. The van der Waals surface area contributed by atoms with E-state index in [1.54, 1.807) is 25.1 Å². The summed E-state index contributed by atoms with van der Waals surface area (Å²) >= 11 is 11.5. The first kappa shape index (κ1) is 12.1. The predicted molar refractivity (Wildman–Crippen MR) is 58.6 cm³/mol. The lowest BCUT2D eigenvalue weighted by Crippen LogP contribution is -2.24. The van der Waals surface area contributed by atoms with Crippen LogP contribution in [0.1, 0.15) is 6.92 Å². The Labute approximate surface area is 97.9 Å². The van der Waals surface area contributed by atoms with Gasteiger partial charge in [0.05, 0.1) is 7.11 Å². The van der Waals surface area contributed by atoms with Gasteiger partial charge in [0, 0.05) is 10.0 Å². The molecule has 0 spiro atoms. The first-order valence-corrected chi connectivity index (χ1v) is 4.99. The number of carbonyl (C=O) groups is 1. The van der Waals surface area contributed by atoms with Crippen LogP contribution in [-0.2, 0) is 9.53 Å². The van der Waals surface area contributed by atoms with Crippen LogP contribution in [0.3, 0.4) is 0 Å². The molecule has 1 atom stereocenters. The number of esters is 1. The molecule has 0 aromatic heterocycles. The maximum atomic E-state index is 11.1. The smallest absolute Gasteiger partial charge is 0.346 e. The molecular formula is C10H10Cl2O3. The summed E-state index contributed by atoms with van der Waals surface area (Å²) in [5, 5.41) is 0.907. The lowest BCUT2D eigenvalue weighted by atomic mass is 10.3. The van der Waals surface area contributed by atoms with Gasteiger partial charge in [-0.15, -0.1) is 0 Å². The third kappa shape index (κ3) is 3.61. The fraction of sp³-hybridized carbons (Fsp3) is 0.300. The highest BCUT2D eigenvalue weighted by Gasteiger charge is 2.15. The van der Waals surface area contributed by atoms with Crippen molar-refractivity contribution in [2.75, 3.05) is 7.11 Å². The second-order valence-electron chi connectivity index (χ2n) is 2.89. The van der Waals surface area contributed by atoms with Gasteiger partial charge in [-0.05, 0) is 25.1 Å². The van der Waals surface area contributed by atoms with Gasteiger partial charge in [-0.1, -0.05) is 23.2 Å². The van der Waals surface area contributed by atoms with Crippen molar-refractivity contribution < 1.29 is 14.3 Å². The number of carbonyl (C=O) groups excluding carboxylic acids is 1. The third-order valence-corrected chi connectivity index (χ3v) is 2.12. The highest BCUT2D eigenvalue weighted by atomic mass is 35.5. The standard InChI is InChI=1S/C10H10Cl2O3/c1-6(10(13)14-2)15-9-4-7(11)3-8(12)5-9/h3-6H,1-2H3/t6-/m0/s1. The second kappa shape index (κ2) is 5.24. The molecule has 3 nitrogen and oxygen atoms in total. The molecule has 0 amide bonds. The molecule has 5 heteroatoms. The van der Waals surface area contributed by atoms with E-state index in [2.05, 4.69) is 4.74 Å². The van der Waals surface area contributed by atoms with Gasteiger partial charge in [0.1, 0.15) is 5.75 Å². The average Bonchev–Trinajstić information content (AvgIpc) is 2.14. The minimum absolute atomic E-state index is 0.436. The van der Waals surface area contributed by atoms with Gasteiger partial charge in [-0.25, -0.2) is 4.79 Å². The lowest BCUT2D eigenvalue weighted by Gasteiger charge is -2.12. The maximum absolute atomic E-state index is 11.1. The Hall–Kier alpha value is -0.930. The summed E-state index contributed by atoms with van der Waals surface area (Å²) in [5.41, 5.74) is 0. The van der Waals surface area contributed by atoms with E-state index in [9.17, 15) is 4.79 Å². The van der Waals surface area contributed by atoms with Crippen LogP contribution in [0.25, 0.3) is 0 Å². The van der Waals surface area contributed by atoms with Crippen LogP contribution in [0, 0.1) is 0 Å². The van der Waals surface area contributed by atoms with Gasteiger partial charge in [0.2, 0.25) is 0 Å². The first-order chi connectivity index (χ1) is 7.02. The molecule has 0 heterocycles. The summed E-state index contributed by atoms with van der Waals surface area (Å²) in [7, 11) is 1.30. The minimum atomic E-state index is -0.690. The lowest BCUT2D eigenvalue weighted by molar-refractivity contribution is -0.147. The Morgan fingerprint density at radius 1 is 1.27 bits per heavy atom. The summed E-state index contributed by atoms with van der Waals surface area (Å²) in [6.45, 7) is 1.58. The van der Waals surface area contributed by atoms with E-state index >= 15 is 0 Å². The molecule has 1 rings (SSSR count). The third-order valence-electron chi connectivity index (χ3n) is 1.68. The zero-order valence-electron chi connectivity index (χ0n) is 8.29. The van der Waals surface area contributed by atoms with Crippen molar-refractivity contribution in [1.82, 2.24) is 0 Å². The molecular weight excluding hydrogens is 239 g/mol. The van der Waals surface area contributed by atoms with Crippen molar-refractivity contribution >= 4 is 29.2 Å². The molecule has 1 aromatic carbocycles. The zero-order valence-corrected chi connectivity index (χ0v) is 9.80. The van der Waals surface area contributed by atoms with Crippen molar-refractivity contribution in [3.8, 4) is 5.75 Å². The fourth-order valence-corrected chi connectivity index (χ4v) is 1.52. The van der Waals surface area contributed by atoms with Crippen LogP contribution in [0.2, 0.25) is 10.0 Å². The van der Waals surface area contributed by atoms with Crippen LogP contribution >= 0.6 is 23.2 Å². The van der Waals surface area contributed by atoms with Crippen LogP contribution in [0.4, 0.5) is 0 Å². The summed E-state index contributed by atoms with van der Waals surface area (Å²) in [4.78, 5) is 11.1. The molecule has 0 aliphatic rings. The largest absolute Gasteiger partial charge is 0.479 e. The van der Waals surface area contributed by atoms with Gasteiger partial charge < -0.3 is 9.47 Å². The Morgan fingerprint density at radius 2 is 1.80 bits per heavy atom. The highest BCUT2D eigenvalue weighted by Crippen LogP contribution is 2.24. The van der Waals surface area contributed by atoms with E-state index in [1.165, 1.54) is 7.11 Å². The predicted octanol–water partition coefficient (Wildman–Crippen LogP) is 2.93. The van der Waals surface area contributed by atoms with Crippen molar-refractivity contribution in [2.24, 2.45) is 0 Å². The number of benzene rings is 1. The molecule has 0 bridgehead atoms. The maximum Gasteiger partial charge on any atom is 0.346 e. The number of hydrogen-bond donors (Lipinski definition) is 0. The van der Waals surface area contributed by atoms with Gasteiger partial charge >= 0.3 is 5.97 Å². The van der Waals surface area contributed by atoms with Crippen LogP contribution < -0.4 is 4.74 Å². The highest BCUT2D eigenvalue weighted by molar-refractivity contribution is 6.34. The van der Waals surface area contributed by atoms with Crippen LogP contribution in [-0.4, -0.2) is 19.2 Å². The van der Waals surface area contributed by atoms with Crippen molar-refractivity contribution in [1.29, 1.82) is 0 Å². The molecule has 0 aliphatic heterocycles. The quantitative estimate of drug-likeness (QED) is 0.772. The van der Waals surface area contributed by atoms with Crippen LogP contribution in [0.15, 0.2) is 18.2 Å². The molecule has 0 radical (unpaired) electrons. The van der Waals surface area contributed by atoms with E-state index in [1.807, 2.05) is 0 Å². The average molecular weight is 249 g/mol. The molecule has 0 saturated carbocycles. The van der Waals surface area contributed by atoms with Crippen molar-refractivity contribution in [2.45, 2.75) is 13.0 Å². The topological polar surface area (TPSA) is 35.5 Å². The molecule has 82 valence electrons. The van der Waals surface area contributed by atoms with Crippen molar-refractivity contribution in [3.05, 3.63) is 28.2 Å². The fourth-order valence-electron chi connectivity index (χ4n) is 1.01. The minimum Gasteiger partial charge on any atom is -0.479 e. The van der Waals surface area contributed by atoms with E-state index in [0.29, 0.717) is 15.8 Å². The number of halogens is 2. The van der Waals surface area contributed by atoms with Gasteiger partial charge in [0.15, 0.2) is 6.10 Å². The molecule has 0 fully saturated rings. The Kier molecular flexibility index (Phi) is 4.24. The number of rotatable bonds is 3. The summed E-state index contributed by atoms with van der Waals surface area (Å²) in [5.74, 6) is -0.0171. The van der Waals surface area contributed by atoms with Crippen molar-refractivity contribution in [3.63, 3.8) is 0 Å². The number of methoxy groups -OCH3 is 1. The number of ether oxygens (including phenoxy) is 2. The zero-order chi connectivity index (χ0) is 11.4. The first-order valence-electron chi connectivity index (χ1n) is 4.23. The summed E-state index contributed by atoms with van der Waals surface area (Å²) in [6.07, 6.45) is -0.690. The number of hydrogen-bond acceptors (Lipinski definition) is 3. The van der Waals surface area contributed by atoms with E-state index in [-0.39, 0.29) is 0 Å². The molecule has 1 aromatic rings. The summed E-state index contributed by atoms with van der Waals surface area (Å²) < 4.78 is 9.80. The molecule has 0 aliphatic carbocycles. The van der Waals surface area contributed by atoms with Gasteiger partial charge in [0.25, 0.3) is 0 Å². The monoisotopic (exact) mass is 248 g/mol. The molecule has 0 unspecified atom stereocenters. The second-order valence-corrected chi connectivity index (χ2v) is 3.76. The Balaban J connectivity index is 2.76. The van der Waals surface area contributed by atoms with Gasteiger partial charge in [-0.2, -0.15) is 0 Å². The normalized spacial score (nSPS) is 12.0. The molecule has 0 N–H and O–H groups in total. The Morgan fingerprint density at radius 3 is 2.27 bits per heavy atom. The van der Waals surface area contributed by atoms with E-state index in [4.69, 9.17) is 27.9 Å². The molecule has 15 heavy (non-hydrogen) atoms. The van der Waals surface area contributed by atoms with Gasteiger partial charge in [-0.3, -0.25) is 0 Å². The van der Waals surface area contributed by atoms with E-state index in [0.717, 1.165) is 0 Å². The Bertz CT molecular complexity index is 345.